The molecule has 0 spiro atoms. The van der Waals surface area contributed by atoms with Crippen molar-refractivity contribution in [3.63, 3.8) is 0 Å². The third-order valence-electron chi connectivity index (χ3n) is 2.54. The Morgan fingerprint density at radius 3 is 2.83 bits per heavy atom. The summed E-state index contributed by atoms with van der Waals surface area (Å²) in [4.78, 5) is 23.6. The van der Waals surface area contributed by atoms with E-state index in [2.05, 4.69) is 5.32 Å². The molecule has 100 valence electrons. The number of furan rings is 1. The SMILES string of the molecule is CC(NC(=O)N(C)CCCC(=O)O)c1ccco1. The quantitative estimate of drug-likeness (QED) is 0.811. The lowest BCUT2D eigenvalue weighted by molar-refractivity contribution is -0.137. The van der Waals surface area contributed by atoms with E-state index < -0.39 is 5.97 Å². The summed E-state index contributed by atoms with van der Waals surface area (Å²) in [6, 6.07) is 3.09. The van der Waals surface area contributed by atoms with Gasteiger partial charge in [0.05, 0.1) is 12.3 Å². The molecule has 0 aliphatic carbocycles. The molecule has 0 bridgehead atoms. The molecule has 1 rings (SSSR count). The van der Waals surface area contributed by atoms with Crippen LogP contribution in [0.1, 0.15) is 31.6 Å². The topological polar surface area (TPSA) is 82.8 Å². The fourth-order valence-electron chi connectivity index (χ4n) is 1.47. The molecule has 2 N–H and O–H groups in total. The summed E-state index contributed by atoms with van der Waals surface area (Å²) in [5, 5.41) is 11.3. The van der Waals surface area contributed by atoms with Crippen LogP contribution in [-0.4, -0.2) is 35.6 Å². The Balaban J connectivity index is 2.33. The molecule has 0 fully saturated rings. The average Bonchev–Trinajstić information content (AvgIpc) is 2.81. The van der Waals surface area contributed by atoms with Crippen LogP contribution in [0.2, 0.25) is 0 Å². The van der Waals surface area contributed by atoms with Gasteiger partial charge in [0.1, 0.15) is 5.76 Å². The normalized spacial score (nSPS) is 11.9. The van der Waals surface area contributed by atoms with Crippen molar-refractivity contribution in [1.82, 2.24) is 10.2 Å². The van der Waals surface area contributed by atoms with Gasteiger partial charge in [-0.2, -0.15) is 0 Å². The monoisotopic (exact) mass is 254 g/mol. The smallest absolute Gasteiger partial charge is 0.317 e. The van der Waals surface area contributed by atoms with Gasteiger partial charge in [0, 0.05) is 20.0 Å². The van der Waals surface area contributed by atoms with E-state index in [1.807, 2.05) is 6.92 Å². The lowest BCUT2D eigenvalue weighted by Crippen LogP contribution is -2.39. The number of carboxylic acid groups (broad SMARTS) is 1. The van der Waals surface area contributed by atoms with Gasteiger partial charge in [-0.05, 0) is 25.5 Å². The molecule has 6 heteroatoms. The highest BCUT2D eigenvalue weighted by atomic mass is 16.4. The van der Waals surface area contributed by atoms with Crippen LogP contribution in [0.4, 0.5) is 4.79 Å². The van der Waals surface area contributed by atoms with Gasteiger partial charge in [0.25, 0.3) is 0 Å². The number of rotatable bonds is 6. The summed E-state index contributed by atoms with van der Waals surface area (Å²) in [6.07, 6.45) is 2.05. The molecule has 0 aliphatic heterocycles. The molecule has 1 aromatic heterocycles. The van der Waals surface area contributed by atoms with Gasteiger partial charge >= 0.3 is 12.0 Å². The summed E-state index contributed by atoms with van der Waals surface area (Å²) in [6.45, 7) is 2.23. The minimum atomic E-state index is -0.854. The first-order chi connectivity index (χ1) is 8.50. The van der Waals surface area contributed by atoms with Crippen LogP contribution in [0.15, 0.2) is 22.8 Å². The van der Waals surface area contributed by atoms with Gasteiger partial charge < -0.3 is 19.7 Å². The Morgan fingerprint density at radius 1 is 1.56 bits per heavy atom. The molecular formula is C12H18N2O4. The lowest BCUT2D eigenvalue weighted by Gasteiger charge is -2.20. The van der Waals surface area contributed by atoms with Crippen molar-refractivity contribution in [2.45, 2.75) is 25.8 Å². The molecule has 1 unspecified atom stereocenters. The van der Waals surface area contributed by atoms with E-state index in [1.165, 1.54) is 4.90 Å². The fourth-order valence-corrected chi connectivity index (χ4v) is 1.47. The molecule has 0 saturated carbocycles. The second-order valence-electron chi connectivity index (χ2n) is 4.11. The Kier molecular flexibility index (Phi) is 5.23. The van der Waals surface area contributed by atoms with Gasteiger partial charge in [-0.25, -0.2) is 4.79 Å². The third kappa shape index (κ3) is 4.48. The number of amides is 2. The first-order valence-electron chi connectivity index (χ1n) is 5.77. The molecule has 0 saturated heterocycles. The first-order valence-corrected chi connectivity index (χ1v) is 5.77. The first kappa shape index (κ1) is 14.1. The number of nitrogens with zero attached hydrogens (tertiary/aromatic N) is 1. The molecule has 18 heavy (non-hydrogen) atoms. The van der Waals surface area contributed by atoms with Gasteiger partial charge in [-0.3, -0.25) is 4.79 Å². The molecule has 0 radical (unpaired) electrons. The summed E-state index contributed by atoms with van der Waals surface area (Å²) < 4.78 is 5.18. The van der Waals surface area contributed by atoms with Crippen molar-refractivity contribution >= 4 is 12.0 Å². The largest absolute Gasteiger partial charge is 0.481 e. The number of hydrogen-bond acceptors (Lipinski definition) is 3. The van der Waals surface area contributed by atoms with E-state index in [4.69, 9.17) is 9.52 Å². The van der Waals surface area contributed by atoms with Gasteiger partial charge in [0.2, 0.25) is 0 Å². The third-order valence-corrected chi connectivity index (χ3v) is 2.54. The Hall–Kier alpha value is -1.98. The molecular weight excluding hydrogens is 236 g/mol. The summed E-state index contributed by atoms with van der Waals surface area (Å²) in [5.74, 6) is -0.171. The van der Waals surface area contributed by atoms with Crippen LogP contribution < -0.4 is 5.32 Å². The van der Waals surface area contributed by atoms with Crippen LogP contribution in [0.5, 0.6) is 0 Å². The maximum Gasteiger partial charge on any atom is 0.317 e. The van der Waals surface area contributed by atoms with E-state index in [0.29, 0.717) is 18.7 Å². The van der Waals surface area contributed by atoms with Crippen LogP contribution >= 0.6 is 0 Å². The van der Waals surface area contributed by atoms with Gasteiger partial charge in [-0.1, -0.05) is 0 Å². The summed E-state index contributed by atoms with van der Waals surface area (Å²) >= 11 is 0. The van der Waals surface area contributed by atoms with Crippen molar-refractivity contribution in [2.75, 3.05) is 13.6 Å². The zero-order chi connectivity index (χ0) is 13.5. The highest BCUT2D eigenvalue weighted by Gasteiger charge is 2.14. The molecule has 1 atom stereocenters. The van der Waals surface area contributed by atoms with Crippen molar-refractivity contribution in [1.29, 1.82) is 0 Å². The highest BCUT2D eigenvalue weighted by Crippen LogP contribution is 2.12. The van der Waals surface area contributed by atoms with Crippen molar-refractivity contribution < 1.29 is 19.1 Å². The number of carboxylic acids is 1. The van der Waals surface area contributed by atoms with Crippen molar-refractivity contribution in [3.05, 3.63) is 24.2 Å². The summed E-state index contributed by atoms with van der Waals surface area (Å²) in [5.41, 5.74) is 0. The Bertz CT molecular complexity index is 389. The van der Waals surface area contributed by atoms with Crippen LogP contribution in [-0.2, 0) is 4.79 Å². The number of hydrogen-bond donors (Lipinski definition) is 2. The fraction of sp³-hybridized carbons (Fsp3) is 0.500. The Morgan fingerprint density at radius 2 is 2.28 bits per heavy atom. The number of nitrogens with one attached hydrogen (secondary N) is 1. The van der Waals surface area contributed by atoms with Crippen LogP contribution in [0.3, 0.4) is 0 Å². The van der Waals surface area contributed by atoms with E-state index >= 15 is 0 Å². The van der Waals surface area contributed by atoms with Crippen LogP contribution in [0.25, 0.3) is 0 Å². The lowest BCUT2D eigenvalue weighted by atomic mass is 10.2. The minimum absolute atomic E-state index is 0.0609. The van der Waals surface area contributed by atoms with Crippen LogP contribution in [0, 0.1) is 0 Å². The number of urea groups is 1. The maximum atomic E-state index is 11.8. The zero-order valence-electron chi connectivity index (χ0n) is 10.5. The second-order valence-corrected chi connectivity index (χ2v) is 4.11. The highest BCUT2D eigenvalue weighted by molar-refractivity contribution is 5.74. The molecule has 1 heterocycles. The predicted molar refractivity (Wildman–Crippen MR) is 65.2 cm³/mol. The van der Waals surface area contributed by atoms with E-state index in [1.54, 1.807) is 25.4 Å². The predicted octanol–water partition coefficient (Wildman–Crippen LogP) is 1.85. The van der Waals surface area contributed by atoms with Gasteiger partial charge in [0.15, 0.2) is 0 Å². The summed E-state index contributed by atoms with van der Waals surface area (Å²) in [7, 11) is 1.63. The minimum Gasteiger partial charge on any atom is -0.481 e. The molecule has 0 aromatic carbocycles. The number of carbonyl (C=O) groups is 2. The van der Waals surface area contributed by atoms with Crippen molar-refractivity contribution in [3.8, 4) is 0 Å². The average molecular weight is 254 g/mol. The molecule has 2 amide bonds. The van der Waals surface area contributed by atoms with E-state index in [-0.39, 0.29) is 18.5 Å². The maximum absolute atomic E-state index is 11.8. The number of carbonyl (C=O) groups excluding carboxylic acids is 1. The van der Waals surface area contributed by atoms with E-state index in [9.17, 15) is 9.59 Å². The molecule has 0 aliphatic rings. The Labute approximate surface area is 106 Å². The van der Waals surface area contributed by atoms with Gasteiger partial charge in [-0.15, -0.1) is 0 Å². The van der Waals surface area contributed by atoms with Crippen molar-refractivity contribution in [2.24, 2.45) is 0 Å². The number of aliphatic carboxylic acids is 1. The zero-order valence-corrected chi connectivity index (χ0v) is 10.5. The second kappa shape index (κ2) is 6.68. The molecule has 1 aromatic rings. The standard InChI is InChI=1S/C12H18N2O4/c1-9(10-5-4-8-18-10)13-12(17)14(2)7-3-6-11(15)16/h4-5,8-9H,3,6-7H2,1-2H3,(H,13,17)(H,15,16). The van der Waals surface area contributed by atoms with E-state index in [0.717, 1.165) is 0 Å². The molecule has 6 nitrogen and oxygen atoms in total.